The largest absolute Gasteiger partial charge is 0.317 e. The van der Waals surface area contributed by atoms with E-state index in [4.69, 9.17) is 0 Å². The number of aromatic nitrogens is 1. The van der Waals surface area contributed by atoms with E-state index in [1.54, 1.807) is 0 Å². The van der Waals surface area contributed by atoms with Crippen molar-refractivity contribution in [3.63, 3.8) is 0 Å². The number of pyridine rings is 1. The molecular formula is C13H20N2. The molecule has 0 unspecified atom stereocenters. The van der Waals surface area contributed by atoms with E-state index in [0.717, 1.165) is 19.0 Å². The zero-order valence-electron chi connectivity index (χ0n) is 9.66. The van der Waals surface area contributed by atoms with Crippen molar-refractivity contribution >= 4 is 0 Å². The van der Waals surface area contributed by atoms with Crippen molar-refractivity contribution in [3.05, 3.63) is 30.1 Å². The zero-order chi connectivity index (χ0) is 10.7. The predicted octanol–water partition coefficient (Wildman–Crippen LogP) is 2.36. The lowest BCUT2D eigenvalue weighted by molar-refractivity contribution is 0.242. The number of nitrogens with one attached hydrogen (secondary N) is 1. The van der Waals surface area contributed by atoms with E-state index in [0.29, 0.717) is 0 Å². The fourth-order valence-electron chi connectivity index (χ4n) is 2.50. The summed E-state index contributed by atoms with van der Waals surface area (Å²) in [4.78, 5) is 4.51. The minimum Gasteiger partial charge on any atom is -0.317 e. The summed E-state index contributed by atoms with van der Waals surface area (Å²) in [6.07, 6.45) is 4.44. The van der Waals surface area contributed by atoms with Gasteiger partial charge in [-0.15, -0.1) is 0 Å². The molecule has 1 aromatic rings. The molecular weight excluding hydrogens is 184 g/mol. The van der Waals surface area contributed by atoms with Crippen LogP contribution in [0.25, 0.3) is 0 Å². The van der Waals surface area contributed by atoms with E-state index in [1.165, 1.54) is 18.5 Å². The molecule has 0 bridgehead atoms. The molecule has 1 fully saturated rings. The summed E-state index contributed by atoms with van der Waals surface area (Å²) >= 11 is 0. The maximum Gasteiger partial charge on any atom is 0.0462 e. The number of piperidine rings is 1. The molecule has 1 aliphatic heterocycles. The predicted molar refractivity (Wildman–Crippen MR) is 62.9 cm³/mol. The summed E-state index contributed by atoms with van der Waals surface area (Å²) in [6.45, 7) is 6.96. The molecule has 2 heterocycles. The van der Waals surface area contributed by atoms with Crippen LogP contribution in [0.5, 0.6) is 0 Å². The fourth-order valence-corrected chi connectivity index (χ4v) is 2.50. The van der Waals surface area contributed by atoms with Gasteiger partial charge in [0, 0.05) is 17.3 Å². The van der Waals surface area contributed by atoms with Crippen molar-refractivity contribution in [1.29, 1.82) is 0 Å². The van der Waals surface area contributed by atoms with Crippen LogP contribution in [0.2, 0.25) is 0 Å². The van der Waals surface area contributed by atoms with Gasteiger partial charge in [-0.1, -0.05) is 19.9 Å². The first-order valence-corrected chi connectivity index (χ1v) is 5.83. The van der Waals surface area contributed by atoms with E-state index < -0.39 is 0 Å². The fraction of sp³-hybridized carbons (Fsp3) is 0.615. The van der Waals surface area contributed by atoms with Crippen molar-refractivity contribution in [2.24, 2.45) is 5.92 Å². The molecule has 0 radical (unpaired) electrons. The van der Waals surface area contributed by atoms with Gasteiger partial charge < -0.3 is 5.32 Å². The Morgan fingerprint density at radius 1 is 1.27 bits per heavy atom. The Labute approximate surface area is 92.1 Å². The molecule has 1 aliphatic rings. The van der Waals surface area contributed by atoms with Crippen molar-refractivity contribution in [2.75, 3.05) is 13.1 Å². The normalized spacial score (nSPS) is 19.1. The quantitative estimate of drug-likeness (QED) is 0.800. The Hall–Kier alpha value is -0.890. The van der Waals surface area contributed by atoms with E-state index >= 15 is 0 Å². The van der Waals surface area contributed by atoms with Gasteiger partial charge in [0.05, 0.1) is 0 Å². The topological polar surface area (TPSA) is 24.9 Å². The molecule has 2 rings (SSSR count). The molecule has 0 aromatic carbocycles. The monoisotopic (exact) mass is 204 g/mol. The summed E-state index contributed by atoms with van der Waals surface area (Å²) in [5, 5.41) is 3.42. The lowest BCUT2D eigenvalue weighted by Gasteiger charge is -2.36. The molecule has 1 aromatic heterocycles. The highest BCUT2D eigenvalue weighted by Crippen LogP contribution is 2.35. The molecule has 0 spiro atoms. The first kappa shape index (κ1) is 10.6. The van der Waals surface area contributed by atoms with Gasteiger partial charge in [0.1, 0.15) is 0 Å². The van der Waals surface area contributed by atoms with E-state index in [9.17, 15) is 0 Å². The third-order valence-corrected chi connectivity index (χ3v) is 3.68. The smallest absolute Gasteiger partial charge is 0.0462 e. The van der Waals surface area contributed by atoms with Crippen molar-refractivity contribution in [3.8, 4) is 0 Å². The third kappa shape index (κ3) is 2.20. The Kier molecular flexibility index (Phi) is 3.06. The summed E-state index contributed by atoms with van der Waals surface area (Å²) < 4.78 is 0. The van der Waals surface area contributed by atoms with Gasteiger partial charge in [0.25, 0.3) is 0 Å². The molecule has 1 N–H and O–H groups in total. The molecule has 2 nitrogen and oxygen atoms in total. The summed E-state index contributed by atoms with van der Waals surface area (Å²) in [5.41, 5.74) is 1.44. The highest BCUT2D eigenvalue weighted by Gasteiger charge is 2.32. The van der Waals surface area contributed by atoms with Gasteiger partial charge >= 0.3 is 0 Å². The van der Waals surface area contributed by atoms with Crippen LogP contribution in [-0.2, 0) is 5.41 Å². The summed E-state index contributed by atoms with van der Waals surface area (Å²) in [6, 6.07) is 6.23. The molecule has 15 heavy (non-hydrogen) atoms. The van der Waals surface area contributed by atoms with Gasteiger partial charge in [0.2, 0.25) is 0 Å². The number of hydrogen-bond acceptors (Lipinski definition) is 2. The first-order chi connectivity index (χ1) is 7.21. The molecule has 0 aliphatic carbocycles. The Balaban J connectivity index is 2.18. The maximum atomic E-state index is 4.51. The van der Waals surface area contributed by atoms with Crippen LogP contribution in [0.15, 0.2) is 24.4 Å². The highest BCUT2D eigenvalue weighted by atomic mass is 14.9. The van der Waals surface area contributed by atoms with Gasteiger partial charge in [-0.25, -0.2) is 0 Å². The van der Waals surface area contributed by atoms with Crippen LogP contribution in [0, 0.1) is 5.92 Å². The van der Waals surface area contributed by atoms with Crippen molar-refractivity contribution in [1.82, 2.24) is 10.3 Å². The van der Waals surface area contributed by atoms with Gasteiger partial charge in [0.15, 0.2) is 0 Å². The molecule has 2 heteroatoms. The summed E-state index contributed by atoms with van der Waals surface area (Å²) in [7, 11) is 0. The number of rotatable bonds is 2. The summed E-state index contributed by atoms with van der Waals surface area (Å²) in [5.74, 6) is 0.758. The van der Waals surface area contributed by atoms with Crippen molar-refractivity contribution in [2.45, 2.75) is 32.1 Å². The van der Waals surface area contributed by atoms with Crippen LogP contribution in [0.4, 0.5) is 0 Å². The first-order valence-electron chi connectivity index (χ1n) is 5.83. The lowest BCUT2D eigenvalue weighted by atomic mass is 9.71. The molecule has 1 saturated heterocycles. The Bertz CT molecular complexity index is 300. The minimum atomic E-state index is 0.212. The van der Waals surface area contributed by atoms with Crippen LogP contribution in [-0.4, -0.2) is 18.1 Å². The zero-order valence-corrected chi connectivity index (χ0v) is 9.66. The van der Waals surface area contributed by atoms with Crippen molar-refractivity contribution < 1.29 is 0 Å². The van der Waals surface area contributed by atoms with E-state index in [-0.39, 0.29) is 5.41 Å². The molecule has 82 valence electrons. The van der Waals surface area contributed by atoms with E-state index in [2.05, 4.69) is 36.3 Å². The average Bonchev–Trinajstić information content (AvgIpc) is 2.31. The van der Waals surface area contributed by atoms with Gasteiger partial charge in [-0.2, -0.15) is 0 Å². The van der Waals surface area contributed by atoms with Crippen LogP contribution >= 0.6 is 0 Å². The Morgan fingerprint density at radius 3 is 2.60 bits per heavy atom. The maximum absolute atomic E-state index is 4.51. The average molecular weight is 204 g/mol. The van der Waals surface area contributed by atoms with Gasteiger partial charge in [-0.3, -0.25) is 4.98 Å². The van der Waals surface area contributed by atoms with Crippen LogP contribution in [0.3, 0.4) is 0 Å². The van der Waals surface area contributed by atoms with E-state index in [1.807, 2.05) is 12.3 Å². The SMILES string of the molecule is CC(C)(c1ccccn1)C1CCNCC1. The molecule has 0 saturated carbocycles. The number of nitrogens with zero attached hydrogens (tertiary/aromatic N) is 1. The highest BCUT2D eigenvalue weighted by molar-refractivity contribution is 5.16. The third-order valence-electron chi connectivity index (χ3n) is 3.68. The standard InChI is InChI=1S/C13H20N2/c1-13(2,11-6-9-14-10-7-11)12-5-3-4-8-15-12/h3-5,8,11,14H,6-7,9-10H2,1-2H3. The van der Waals surface area contributed by atoms with Crippen LogP contribution < -0.4 is 5.32 Å². The minimum absolute atomic E-state index is 0.212. The lowest BCUT2D eigenvalue weighted by Crippen LogP contribution is -2.38. The Morgan fingerprint density at radius 2 is 2.00 bits per heavy atom. The number of hydrogen-bond donors (Lipinski definition) is 1. The second-order valence-electron chi connectivity index (χ2n) is 4.96. The van der Waals surface area contributed by atoms with Crippen LogP contribution in [0.1, 0.15) is 32.4 Å². The second kappa shape index (κ2) is 4.31. The van der Waals surface area contributed by atoms with Gasteiger partial charge in [-0.05, 0) is 44.0 Å². The molecule has 0 atom stereocenters. The second-order valence-corrected chi connectivity index (χ2v) is 4.96. The molecule has 0 amide bonds.